The minimum Gasteiger partial charge on any atom is -0.484 e. The summed E-state index contributed by atoms with van der Waals surface area (Å²) in [6.07, 6.45) is -0.191. The number of halogens is 1. The van der Waals surface area contributed by atoms with E-state index in [1.165, 1.54) is 11.3 Å². The number of nitrogens with one attached hydrogen (secondary N) is 1. The van der Waals surface area contributed by atoms with Crippen molar-refractivity contribution in [2.45, 2.75) is 26.9 Å². The maximum atomic E-state index is 12.1. The lowest BCUT2D eigenvalue weighted by molar-refractivity contribution is -0.118. The van der Waals surface area contributed by atoms with E-state index in [-0.39, 0.29) is 24.6 Å². The van der Waals surface area contributed by atoms with E-state index in [1.807, 2.05) is 6.92 Å². The number of fused-ring (bicyclic) bond motifs is 1. The van der Waals surface area contributed by atoms with Crippen LogP contribution in [0.5, 0.6) is 5.75 Å². The van der Waals surface area contributed by atoms with Crippen LogP contribution in [0.2, 0.25) is 5.02 Å². The van der Waals surface area contributed by atoms with Gasteiger partial charge in [-0.1, -0.05) is 22.9 Å². The number of aromatic nitrogens is 1. The van der Waals surface area contributed by atoms with Gasteiger partial charge in [-0.3, -0.25) is 10.1 Å². The van der Waals surface area contributed by atoms with Crippen molar-refractivity contribution in [2.24, 2.45) is 0 Å². The first kappa shape index (κ1) is 20.1. The number of thiazole rings is 1. The highest BCUT2D eigenvalue weighted by atomic mass is 35.5. The normalized spacial score (nSPS) is 10.9. The Morgan fingerprint density at radius 1 is 1.21 bits per heavy atom. The summed E-state index contributed by atoms with van der Waals surface area (Å²) in [7, 11) is 0. The Hall–Kier alpha value is -2.64. The summed E-state index contributed by atoms with van der Waals surface area (Å²) in [6.45, 7) is 5.30. The van der Waals surface area contributed by atoms with Gasteiger partial charge in [-0.2, -0.15) is 0 Å². The first-order valence-electron chi connectivity index (χ1n) is 8.62. The lowest BCUT2D eigenvalue weighted by Gasteiger charge is -2.07. The van der Waals surface area contributed by atoms with Gasteiger partial charge in [-0.25, -0.2) is 9.78 Å². The first-order chi connectivity index (χ1) is 13.3. The number of nitrogens with zero attached hydrogens (tertiary/aromatic N) is 1. The van der Waals surface area contributed by atoms with Crippen molar-refractivity contribution >= 4 is 50.2 Å². The second kappa shape index (κ2) is 8.58. The van der Waals surface area contributed by atoms with Crippen LogP contribution >= 0.6 is 22.9 Å². The molecule has 0 radical (unpaired) electrons. The molecule has 1 heterocycles. The topological polar surface area (TPSA) is 77.5 Å². The second-order valence-corrected chi connectivity index (χ2v) is 7.84. The Morgan fingerprint density at radius 3 is 2.71 bits per heavy atom. The van der Waals surface area contributed by atoms with Gasteiger partial charge in [-0.15, -0.1) is 0 Å². The van der Waals surface area contributed by atoms with Crippen LogP contribution in [0.25, 0.3) is 10.2 Å². The molecule has 3 aromatic rings. The summed E-state index contributed by atoms with van der Waals surface area (Å²) in [5.74, 6) is -0.150. The third kappa shape index (κ3) is 4.99. The molecule has 0 bridgehead atoms. The monoisotopic (exact) mass is 418 g/mol. The Labute approximate surface area is 171 Å². The molecule has 0 unspecified atom stereocenters. The molecule has 0 spiro atoms. The molecule has 0 aliphatic heterocycles. The van der Waals surface area contributed by atoms with Crippen LogP contribution in [-0.2, 0) is 9.53 Å². The molecule has 0 fully saturated rings. The van der Waals surface area contributed by atoms with Crippen LogP contribution in [-0.4, -0.2) is 29.6 Å². The maximum absolute atomic E-state index is 12.1. The summed E-state index contributed by atoms with van der Waals surface area (Å²) in [4.78, 5) is 28.5. The number of ether oxygens (including phenoxy) is 2. The highest BCUT2D eigenvalue weighted by Crippen LogP contribution is 2.27. The third-order valence-corrected chi connectivity index (χ3v) is 5.07. The number of hydrogen-bond acceptors (Lipinski definition) is 6. The highest BCUT2D eigenvalue weighted by Gasteiger charge is 2.13. The minimum atomic E-state index is -0.387. The summed E-state index contributed by atoms with van der Waals surface area (Å²) >= 11 is 7.25. The molecule has 1 amide bonds. The van der Waals surface area contributed by atoms with Gasteiger partial charge in [0.25, 0.3) is 5.91 Å². The van der Waals surface area contributed by atoms with Crippen molar-refractivity contribution in [1.82, 2.24) is 4.98 Å². The van der Waals surface area contributed by atoms with E-state index in [2.05, 4.69) is 10.3 Å². The molecule has 0 atom stereocenters. The molecular formula is C20H19ClN2O4S. The SMILES string of the molecule is Cc1cc(OCC(=O)Nc2nc3ccc(C(=O)OC(C)C)cc3s2)ccc1Cl. The van der Waals surface area contributed by atoms with E-state index in [1.54, 1.807) is 50.2 Å². The van der Waals surface area contributed by atoms with Gasteiger partial charge in [0.05, 0.1) is 21.9 Å². The minimum absolute atomic E-state index is 0.150. The molecule has 28 heavy (non-hydrogen) atoms. The molecule has 3 rings (SSSR count). The van der Waals surface area contributed by atoms with E-state index in [9.17, 15) is 9.59 Å². The van der Waals surface area contributed by atoms with Gasteiger partial charge in [0, 0.05) is 5.02 Å². The third-order valence-electron chi connectivity index (χ3n) is 3.71. The van der Waals surface area contributed by atoms with Crippen molar-refractivity contribution < 1.29 is 19.1 Å². The molecule has 146 valence electrons. The average molecular weight is 419 g/mol. The van der Waals surface area contributed by atoms with Gasteiger partial charge in [-0.05, 0) is 62.7 Å². The van der Waals surface area contributed by atoms with Gasteiger partial charge in [0.15, 0.2) is 11.7 Å². The second-order valence-electron chi connectivity index (χ2n) is 6.40. The van der Waals surface area contributed by atoms with Gasteiger partial charge in [0.1, 0.15) is 5.75 Å². The molecule has 0 aliphatic rings. The predicted molar refractivity (Wildman–Crippen MR) is 110 cm³/mol. The fraction of sp³-hybridized carbons (Fsp3) is 0.250. The summed E-state index contributed by atoms with van der Waals surface area (Å²) in [6, 6.07) is 10.3. The fourth-order valence-corrected chi connectivity index (χ4v) is 3.44. The molecule has 2 aromatic carbocycles. The summed E-state index contributed by atoms with van der Waals surface area (Å²) in [5, 5.41) is 3.79. The zero-order chi connectivity index (χ0) is 20.3. The first-order valence-corrected chi connectivity index (χ1v) is 9.81. The van der Waals surface area contributed by atoms with Gasteiger partial charge >= 0.3 is 5.97 Å². The lowest BCUT2D eigenvalue weighted by Crippen LogP contribution is -2.20. The molecule has 0 saturated carbocycles. The van der Waals surface area contributed by atoms with Gasteiger partial charge in [0.2, 0.25) is 0 Å². The standard InChI is InChI=1S/C20H19ClN2O4S/c1-11(2)27-19(25)13-4-7-16-17(9-13)28-20(22-16)23-18(24)10-26-14-5-6-15(21)12(3)8-14/h4-9,11H,10H2,1-3H3,(H,22,23,24). The van der Waals surface area contributed by atoms with Crippen LogP contribution in [0.1, 0.15) is 29.8 Å². The predicted octanol–water partition coefficient (Wildman–Crippen LogP) is 4.84. The zero-order valence-electron chi connectivity index (χ0n) is 15.6. The molecule has 1 N–H and O–H groups in total. The van der Waals surface area contributed by atoms with E-state index < -0.39 is 0 Å². The Bertz CT molecular complexity index is 1030. The van der Waals surface area contributed by atoms with E-state index in [0.717, 1.165) is 10.3 Å². The number of anilines is 1. The molecule has 6 nitrogen and oxygen atoms in total. The Kier molecular flexibility index (Phi) is 6.16. The van der Waals surface area contributed by atoms with E-state index >= 15 is 0 Å². The van der Waals surface area contributed by atoms with Crippen LogP contribution < -0.4 is 10.1 Å². The molecule has 0 aliphatic carbocycles. The number of aryl methyl sites for hydroxylation is 1. The maximum Gasteiger partial charge on any atom is 0.338 e. The molecule has 8 heteroatoms. The summed E-state index contributed by atoms with van der Waals surface area (Å²) < 4.78 is 11.5. The van der Waals surface area contributed by atoms with Crippen LogP contribution in [0.4, 0.5) is 5.13 Å². The number of amides is 1. The quantitative estimate of drug-likeness (QED) is 0.579. The fourth-order valence-electron chi connectivity index (χ4n) is 2.40. The number of benzene rings is 2. The van der Waals surface area contributed by atoms with Crippen molar-refractivity contribution in [3.05, 3.63) is 52.5 Å². The zero-order valence-corrected chi connectivity index (χ0v) is 17.2. The van der Waals surface area contributed by atoms with Gasteiger partial charge < -0.3 is 9.47 Å². The van der Waals surface area contributed by atoms with Crippen molar-refractivity contribution in [1.29, 1.82) is 0 Å². The van der Waals surface area contributed by atoms with E-state index in [4.69, 9.17) is 21.1 Å². The number of carbonyl (C=O) groups excluding carboxylic acids is 2. The lowest BCUT2D eigenvalue weighted by atomic mass is 10.2. The van der Waals surface area contributed by atoms with Crippen LogP contribution in [0.3, 0.4) is 0 Å². The van der Waals surface area contributed by atoms with Crippen LogP contribution in [0, 0.1) is 6.92 Å². The highest BCUT2D eigenvalue weighted by molar-refractivity contribution is 7.22. The number of hydrogen-bond donors (Lipinski definition) is 1. The molecule has 1 aromatic heterocycles. The Morgan fingerprint density at radius 2 is 2.00 bits per heavy atom. The Balaban J connectivity index is 1.64. The van der Waals surface area contributed by atoms with Crippen molar-refractivity contribution in [3.8, 4) is 5.75 Å². The summed E-state index contributed by atoms with van der Waals surface area (Å²) in [5.41, 5.74) is 2.01. The molecule has 0 saturated heterocycles. The van der Waals surface area contributed by atoms with Crippen molar-refractivity contribution in [3.63, 3.8) is 0 Å². The largest absolute Gasteiger partial charge is 0.484 e. The van der Waals surface area contributed by atoms with Crippen molar-refractivity contribution in [2.75, 3.05) is 11.9 Å². The number of rotatable bonds is 6. The molecular weight excluding hydrogens is 400 g/mol. The smallest absolute Gasteiger partial charge is 0.338 e. The van der Waals surface area contributed by atoms with Crippen LogP contribution in [0.15, 0.2) is 36.4 Å². The van der Waals surface area contributed by atoms with E-state index in [0.29, 0.717) is 27.0 Å². The number of esters is 1. The number of carbonyl (C=O) groups is 2. The average Bonchev–Trinajstić information content (AvgIpc) is 3.03.